The van der Waals surface area contributed by atoms with Crippen LogP contribution in [0.1, 0.15) is 45.2 Å². The van der Waals surface area contributed by atoms with Crippen molar-refractivity contribution in [1.82, 2.24) is 15.4 Å². The lowest BCUT2D eigenvalue weighted by molar-refractivity contribution is 0.191. The van der Waals surface area contributed by atoms with Crippen LogP contribution in [0.2, 0.25) is 0 Å². The van der Waals surface area contributed by atoms with Gasteiger partial charge in [-0.3, -0.25) is 4.99 Å². The quantitative estimate of drug-likeness (QED) is 0.295. The summed E-state index contributed by atoms with van der Waals surface area (Å²) in [5, 5.41) is 6.36. The Kier molecular flexibility index (Phi) is 10.3. The molecule has 0 fully saturated rings. The van der Waals surface area contributed by atoms with E-state index in [1.165, 1.54) is 0 Å². The molecule has 28 heavy (non-hydrogen) atoms. The molecule has 0 aliphatic rings. The first-order chi connectivity index (χ1) is 13.2. The average molecular weight is 413 g/mol. The van der Waals surface area contributed by atoms with Crippen LogP contribution < -0.4 is 20.1 Å². The summed E-state index contributed by atoms with van der Waals surface area (Å²) in [4.78, 5) is 4.18. The molecule has 0 bridgehead atoms. The van der Waals surface area contributed by atoms with Crippen LogP contribution in [0.15, 0.2) is 23.2 Å². The van der Waals surface area contributed by atoms with Gasteiger partial charge in [-0.25, -0.2) is 13.1 Å². The smallest absolute Gasteiger partial charge is 0.211 e. The highest BCUT2D eigenvalue weighted by molar-refractivity contribution is 7.89. The molecular formula is C20H36N4O3S. The molecule has 1 rings (SSSR count). The molecule has 0 heterocycles. The van der Waals surface area contributed by atoms with Crippen molar-refractivity contribution < 1.29 is 13.2 Å². The highest BCUT2D eigenvalue weighted by Crippen LogP contribution is 2.23. The third-order valence-corrected chi connectivity index (χ3v) is 5.55. The average Bonchev–Trinajstić information content (AvgIpc) is 2.61. The number of hydrogen-bond acceptors (Lipinski definition) is 4. The van der Waals surface area contributed by atoms with Gasteiger partial charge in [-0.1, -0.05) is 26.0 Å². The second-order valence-corrected chi connectivity index (χ2v) is 9.42. The Hall–Kier alpha value is -1.80. The van der Waals surface area contributed by atoms with Gasteiger partial charge in [-0.2, -0.15) is 0 Å². The first-order valence-corrected chi connectivity index (χ1v) is 11.5. The second-order valence-electron chi connectivity index (χ2n) is 7.32. The highest BCUT2D eigenvalue weighted by atomic mass is 32.2. The van der Waals surface area contributed by atoms with E-state index in [9.17, 15) is 8.42 Å². The van der Waals surface area contributed by atoms with Crippen LogP contribution in [0.3, 0.4) is 0 Å². The van der Waals surface area contributed by atoms with Crippen LogP contribution in [0.25, 0.3) is 0 Å². The molecule has 1 aromatic carbocycles. The molecular weight excluding hydrogens is 376 g/mol. The summed E-state index contributed by atoms with van der Waals surface area (Å²) in [6.07, 6.45) is 1.14. The summed E-state index contributed by atoms with van der Waals surface area (Å²) in [5.74, 6) is 2.14. The summed E-state index contributed by atoms with van der Waals surface area (Å²) in [5.41, 5.74) is 2.21. The Morgan fingerprint density at radius 3 is 2.50 bits per heavy atom. The first-order valence-electron chi connectivity index (χ1n) is 9.84. The van der Waals surface area contributed by atoms with E-state index in [0.29, 0.717) is 31.5 Å². The van der Waals surface area contributed by atoms with Crippen molar-refractivity contribution in [3.05, 3.63) is 29.3 Å². The molecule has 7 nitrogen and oxygen atoms in total. The van der Waals surface area contributed by atoms with E-state index in [4.69, 9.17) is 4.74 Å². The van der Waals surface area contributed by atoms with Gasteiger partial charge in [0.1, 0.15) is 5.75 Å². The number of guanidine groups is 1. The number of ether oxygens (including phenoxy) is 1. The summed E-state index contributed by atoms with van der Waals surface area (Å²) in [6, 6.07) is 6.18. The third kappa shape index (κ3) is 9.41. The van der Waals surface area contributed by atoms with E-state index in [1.54, 1.807) is 14.0 Å². The molecule has 0 aliphatic heterocycles. The molecule has 0 saturated heterocycles. The monoisotopic (exact) mass is 412 g/mol. The molecule has 0 radical (unpaired) electrons. The van der Waals surface area contributed by atoms with Gasteiger partial charge in [0.2, 0.25) is 10.0 Å². The number of nitrogens with one attached hydrogen (secondary N) is 3. The SMILES string of the molecule is CCS(=O)(=O)NCCNC(=NC)NCc1ccc(C)cc1OC(C)CC(C)C. The fourth-order valence-corrected chi connectivity index (χ4v) is 3.35. The molecule has 160 valence electrons. The van der Waals surface area contributed by atoms with Gasteiger partial charge in [-0.15, -0.1) is 0 Å². The Bertz CT molecular complexity index is 733. The fourth-order valence-electron chi connectivity index (χ4n) is 2.74. The van der Waals surface area contributed by atoms with E-state index in [2.05, 4.69) is 66.2 Å². The summed E-state index contributed by atoms with van der Waals surface area (Å²) >= 11 is 0. The van der Waals surface area contributed by atoms with Crippen molar-refractivity contribution in [2.45, 2.75) is 53.7 Å². The van der Waals surface area contributed by atoms with Crippen LogP contribution in [0.4, 0.5) is 0 Å². The number of rotatable bonds is 11. The number of nitrogens with zero attached hydrogens (tertiary/aromatic N) is 1. The van der Waals surface area contributed by atoms with Crippen LogP contribution >= 0.6 is 0 Å². The third-order valence-electron chi connectivity index (χ3n) is 4.14. The molecule has 1 atom stereocenters. The molecule has 0 saturated carbocycles. The molecule has 0 spiro atoms. The van der Waals surface area contributed by atoms with Crippen molar-refractivity contribution >= 4 is 16.0 Å². The Morgan fingerprint density at radius 2 is 1.89 bits per heavy atom. The zero-order chi connectivity index (χ0) is 21.2. The minimum absolute atomic E-state index is 0.0748. The minimum Gasteiger partial charge on any atom is -0.490 e. The van der Waals surface area contributed by atoms with E-state index in [1.807, 2.05) is 0 Å². The van der Waals surface area contributed by atoms with Crippen LogP contribution in [-0.2, 0) is 16.6 Å². The Labute approximate surface area is 170 Å². The van der Waals surface area contributed by atoms with E-state index in [0.717, 1.165) is 23.3 Å². The normalized spacial score (nSPS) is 13.5. The van der Waals surface area contributed by atoms with Gasteiger partial charge < -0.3 is 15.4 Å². The number of aryl methyl sites for hydroxylation is 1. The van der Waals surface area contributed by atoms with Crippen molar-refractivity contribution in [3.8, 4) is 5.75 Å². The predicted molar refractivity (Wildman–Crippen MR) is 116 cm³/mol. The zero-order valence-electron chi connectivity index (χ0n) is 18.0. The molecule has 0 aliphatic carbocycles. The Balaban J connectivity index is 2.62. The standard InChI is InChI=1S/C20H36N4O3S/c1-7-28(25,26)24-11-10-22-20(21-6)23-14-18-9-8-16(4)13-19(18)27-17(5)12-15(2)3/h8-9,13,15,17,24H,7,10-12,14H2,1-6H3,(H2,21,22,23). The predicted octanol–water partition coefficient (Wildman–Crippen LogP) is 2.41. The Morgan fingerprint density at radius 1 is 1.18 bits per heavy atom. The molecule has 1 aromatic rings. The maximum atomic E-state index is 11.4. The fraction of sp³-hybridized carbons (Fsp3) is 0.650. The van der Waals surface area contributed by atoms with Crippen molar-refractivity contribution in [2.24, 2.45) is 10.9 Å². The van der Waals surface area contributed by atoms with E-state index in [-0.39, 0.29) is 11.9 Å². The molecule has 3 N–H and O–H groups in total. The lowest BCUT2D eigenvalue weighted by Gasteiger charge is -2.20. The van der Waals surface area contributed by atoms with E-state index < -0.39 is 10.0 Å². The van der Waals surface area contributed by atoms with Gasteiger partial charge in [-0.05, 0) is 44.7 Å². The van der Waals surface area contributed by atoms with Gasteiger partial charge in [0.25, 0.3) is 0 Å². The van der Waals surface area contributed by atoms with Crippen LogP contribution in [0.5, 0.6) is 5.75 Å². The zero-order valence-corrected chi connectivity index (χ0v) is 18.8. The summed E-state index contributed by atoms with van der Waals surface area (Å²) < 4.78 is 31.6. The van der Waals surface area contributed by atoms with Crippen molar-refractivity contribution in [1.29, 1.82) is 0 Å². The van der Waals surface area contributed by atoms with Crippen LogP contribution in [0, 0.1) is 12.8 Å². The maximum absolute atomic E-state index is 11.4. The molecule has 8 heteroatoms. The van der Waals surface area contributed by atoms with Crippen molar-refractivity contribution in [3.63, 3.8) is 0 Å². The van der Waals surface area contributed by atoms with E-state index >= 15 is 0 Å². The number of sulfonamides is 1. The number of benzene rings is 1. The minimum atomic E-state index is -3.18. The first kappa shape index (κ1) is 24.2. The molecule has 0 amide bonds. The van der Waals surface area contributed by atoms with Gasteiger partial charge in [0, 0.05) is 32.2 Å². The summed E-state index contributed by atoms with van der Waals surface area (Å²) in [6.45, 7) is 11.4. The lowest BCUT2D eigenvalue weighted by atomic mass is 10.1. The number of aliphatic imine (C=N–C) groups is 1. The lowest BCUT2D eigenvalue weighted by Crippen LogP contribution is -2.41. The van der Waals surface area contributed by atoms with Gasteiger partial charge in [0.15, 0.2) is 5.96 Å². The largest absolute Gasteiger partial charge is 0.490 e. The highest BCUT2D eigenvalue weighted by Gasteiger charge is 2.11. The number of hydrogen-bond donors (Lipinski definition) is 3. The molecule has 1 unspecified atom stereocenters. The molecule has 0 aromatic heterocycles. The topological polar surface area (TPSA) is 91.8 Å². The van der Waals surface area contributed by atoms with Gasteiger partial charge >= 0.3 is 0 Å². The second kappa shape index (κ2) is 11.9. The van der Waals surface area contributed by atoms with Crippen LogP contribution in [-0.4, -0.2) is 46.4 Å². The summed E-state index contributed by atoms with van der Waals surface area (Å²) in [7, 11) is -1.49. The van der Waals surface area contributed by atoms with Crippen molar-refractivity contribution in [2.75, 3.05) is 25.9 Å². The maximum Gasteiger partial charge on any atom is 0.211 e. The van der Waals surface area contributed by atoms with Gasteiger partial charge in [0.05, 0.1) is 11.9 Å².